The molecule has 0 unspecified atom stereocenters. The summed E-state index contributed by atoms with van der Waals surface area (Å²) in [4.78, 5) is 0. The molecule has 0 N–H and O–H groups in total. The molecule has 2 heteroatoms. The average Bonchev–Trinajstić information content (AvgIpc) is 1.27. The van der Waals surface area contributed by atoms with Gasteiger partial charge in [0.15, 0.2) is 0 Å². The van der Waals surface area contributed by atoms with Crippen LogP contribution in [-0.2, 0) is 0 Å². The van der Waals surface area contributed by atoms with Crippen LogP contribution >= 0.6 is 0 Å². The molecule has 0 atom stereocenters. The molecule has 88 heavy (non-hydrogen) atoms. The minimum absolute atomic E-state index is 0.524. The first kappa shape index (κ1) is 20.3. The molecule has 0 radical (unpaired) electrons. The summed E-state index contributed by atoms with van der Waals surface area (Å²) in [6.45, 7) is 0. The number of furan rings is 2. The molecule has 2 aromatic heterocycles. The van der Waals surface area contributed by atoms with Crippen molar-refractivity contribution in [1.29, 1.82) is 0 Å². The minimum atomic E-state index is -1.02. The Bertz CT molecular complexity index is 8880. The first-order chi connectivity index (χ1) is 66.1. The molecule has 0 amide bonds. The van der Waals surface area contributed by atoms with E-state index in [-0.39, 0.29) is 0 Å². The van der Waals surface area contributed by atoms with Gasteiger partial charge in [0.1, 0.15) is 22.3 Å². The van der Waals surface area contributed by atoms with E-state index in [9.17, 15) is 20.6 Å². The zero-order valence-corrected chi connectivity index (χ0v) is 43.8. The van der Waals surface area contributed by atoms with Gasteiger partial charge in [-0.2, -0.15) is 0 Å². The molecule has 0 spiro atoms. The third kappa shape index (κ3) is 8.41. The molecule has 410 valence electrons. The average molecular weight is 1170 g/mol. The van der Waals surface area contributed by atoms with Crippen molar-refractivity contribution < 1.29 is 82.9 Å². The van der Waals surface area contributed by atoms with Gasteiger partial charge >= 0.3 is 0 Å². The Hall–Kier alpha value is -11.6. The van der Waals surface area contributed by atoms with Gasteiger partial charge in [-0.05, 0) is 145 Å². The third-order valence-electron chi connectivity index (χ3n) is 14.1. The second-order valence-electron chi connectivity index (χ2n) is 18.8. The molecule has 18 rings (SSSR count). The van der Waals surface area contributed by atoms with Crippen LogP contribution in [0.15, 0.2) is 335 Å². The highest BCUT2D eigenvalue weighted by Gasteiger charge is 2.24. The van der Waals surface area contributed by atoms with Crippen LogP contribution in [0, 0.1) is 0 Å². The lowest BCUT2D eigenvalue weighted by molar-refractivity contribution is 0.669. The van der Waals surface area contributed by atoms with Crippen molar-refractivity contribution in [2.45, 2.75) is 0 Å². The number of fused-ring (bicyclic) bond motifs is 11. The third-order valence-corrected chi connectivity index (χ3v) is 14.1. The van der Waals surface area contributed by atoms with E-state index in [1.807, 2.05) is 0 Å². The maximum atomic E-state index is 9.55. The summed E-state index contributed by atoms with van der Waals surface area (Å²) >= 11 is 0. The molecule has 0 aliphatic rings. The fraction of sp³-hybridized carbons (Fsp3) is 0. The fourth-order valence-electron chi connectivity index (χ4n) is 10.6. The van der Waals surface area contributed by atoms with Gasteiger partial charge < -0.3 is 8.83 Å². The largest absolute Gasteiger partial charge is 0.455 e. The van der Waals surface area contributed by atoms with Gasteiger partial charge in [0.25, 0.3) is 0 Å². The van der Waals surface area contributed by atoms with Crippen LogP contribution in [0.2, 0.25) is 0 Å². The monoisotopic (exact) mass is 1170 g/mol. The number of para-hydroxylation sites is 2. The lowest BCUT2D eigenvalue weighted by atomic mass is 9.85. The fourth-order valence-corrected chi connectivity index (χ4v) is 10.6. The molecule has 0 saturated carbocycles. The number of hydrogen-bond donors (Lipinski definition) is 0. The van der Waals surface area contributed by atoms with Crippen molar-refractivity contribution in [2.24, 2.45) is 0 Å². The van der Waals surface area contributed by atoms with Gasteiger partial charge in [0.2, 0.25) is 0 Å². The molecule has 16 aromatic carbocycles. The van der Waals surface area contributed by atoms with Gasteiger partial charge in [-0.1, -0.05) is 302 Å². The number of hydrogen-bond acceptors (Lipinski definition) is 2. The molecule has 2 nitrogen and oxygen atoms in total. The highest BCUT2D eigenvalue weighted by molar-refractivity contribution is 6.28. The Balaban J connectivity index is 0.000000196. The van der Waals surface area contributed by atoms with E-state index in [2.05, 4.69) is 0 Å². The van der Waals surface area contributed by atoms with Crippen molar-refractivity contribution in [3.05, 3.63) is 326 Å². The topological polar surface area (TPSA) is 26.3 Å². The molecule has 18 aromatic rings. The molecular weight excluding hydrogens is 1060 g/mol. The zero-order chi connectivity index (χ0) is 105. The lowest BCUT2D eigenvalue weighted by Gasteiger charge is -2.18. The first-order valence-corrected chi connectivity index (χ1v) is 25.8. The summed E-state index contributed by atoms with van der Waals surface area (Å²) in [6.07, 6.45) is 0. The molecule has 0 saturated heterocycles. The second-order valence-corrected chi connectivity index (χ2v) is 18.8. The van der Waals surface area contributed by atoms with E-state index in [1.165, 1.54) is 0 Å². The van der Waals surface area contributed by atoms with Crippen LogP contribution < -0.4 is 0 Å². The maximum Gasteiger partial charge on any atom is 0.143 e. The van der Waals surface area contributed by atoms with Gasteiger partial charge in [-0.3, -0.25) is 0 Å². The predicted octanol–water partition coefficient (Wildman–Crippen LogP) is 24.6. The van der Waals surface area contributed by atoms with Crippen LogP contribution in [0.5, 0.6) is 0 Å². The van der Waals surface area contributed by atoms with E-state index < -0.39 is 502 Å². The summed E-state index contributed by atoms with van der Waals surface area (Å²) < 4.78 is 493. The molecule has 0 fully saturated rings. The van der Waals surface area contributed by atoms with Crippen molar-refractivity contribution in [3.63, 3.8) is 0 Å². The smallest absolute Gasteiger partial charge is 0.143 e. The van der Waals surface area contributed by atoms with Crippen LogP contribution in [0.3, 0.4) is 0 Å². The highest BCUT2D eigenvalue weighted by Crippen LogP contribution is 2.50. The quantitative estimate of drug-likeness (QED) is 0.149. The summed E-state index contributed by atoms with van der Waals surface area (Å²) in [5.41, 5.74) is -13.2. The SMILES string of the molecule is [2H]c1c([2H])c([2H])c(-c2c([2H])c([2H])c([2H])c(-c3c([2H])c([2H])c([2H])c4c3oc3c([2H])c([2H])c([2H])c(-c5c6c([2H])c([2H])c([2H])c([2H])c6c(-c6c([2H])c([2H])c([2H])c([2H])c6[2H])c6c([2H])c([2H])c([2H])c([2H])c56)c34)c2[2H])c([2H])c1[2H].[2H]c1c([2H])c([2H])c(-c2c3c([2H])c([2H])c([2H])c([2H])c3c(-c3c([2H])c([2H])c([2H])c4oc5c(-c6c([2H])c([2H])c7c([2H])c([2H])c([2H])c([2H])c7c6[2H])c([2H])c([2H])c([2H])c5c34)c3c([2H])c([2H])c([2H])c([2H])c23)c([2H])c1[2H]. The van der Waals surface area contributed by atoms with Gasteiger partial charge in [0, 0.05) is 32.7 Å². The molecule has 0 aliphatic heterocycles. The molecular formula is C86H54O2. The van der Waals surface area contributed by atoms with Gasteiger partial charge in [-0.15, -0.1) is 0 Å². The second kappa shape index (κ2) is 21.2. The summed E-state index contributed by atoms with van der Waals surface area (Å²) in [5, 5.41) is -9.19. The normalized spacial score (nSPS) is 20.2. The Morgan fingerprint density at radius 2 is 0.511 bits per heavy atom. The Kier molecular flexibility index (Phi) is 4.88. The van der Waals surface area contributed by atoms with Gasteiger partial charge in [-0.25, -0.2) is 0 Å². The van der Waals surface area contributed by atoms with Crippen LogP contribution in [0.4, 0.5) is 0 Å². The number of benzene rings is 16. The van der Waals surface area contributed by atoms with Crippen molar-refractivity contribution in [3.8, 4) is 77.9 Å². The Labute approximate surface area is 584 Å². The predicted molar refractivity (Wildman–Crippen MR) is 373 cm³/mol. The maximum absolute atomic E-state index is 9.55. The van der Waals surface area contributed by atoms with Crippen molar-refractivity contribution in [1.82, 2.24) is 0 Å². The van der Waals surface area contributed by atoms with Gasteiger partial charge in [0.05, 0.1) is 74.0 Å². The lowest BCUT2D eigenvalue weighted by Crippen LogP contribution is -1.91. The summed E-state index contributed by atoms with van der Waals surface area (Å²) in [6, 6.07) is -50.5. The van der Waals surface area contributed by atoms with Crippen LogP contribution in [0.25, 0.3) is 176 Å². The molecule has 2 heterocycles. The van der Waals surface area contributed by atoms with E-state index in [1.54, 1.807) is 0 Å². The Morgan fingerprint density at radius 1 is 0.193 bits per heavy atom. The summed E-state index contributed by atoms with van der Waals surface area (Å²) in [5.74, 6) is 0. The van der Waals surface area contributed by atoms with E-state index >= 15 is 0 Å². The van der Waals surface area contributed by atoms with Crippen molar-refractivity contribution in [2.75, 3.05) is 0 Å². The zero-order valence-electron chi connectivity index (χ0n) is 97.8. The van der Waals surface area contributed by atoms with Crippen LogP contribution in [0.1, 0.15) is 74.0 Å². The van der Waals surface area contributed by atoms with E-state index in [0.717, 1.165) is 0 Å². The molecule has 0 aliphatic carbocycles. The van der Waals surface area contributed by atoms with Crippen molar-refractivity contribution >= 4 is 97.7 Å². The standard InChI is InChI=1S/C44H28O.C42H26O/c1-3-14-29(15-4-1)31-18-11-19-32(28-31)33-24-12-26-39-43-38(25-13-27-40(43)45-44(33)39)42-36-22-9-7-20-34(36)41(30-16-5-2-6-17-30)35-21-8-10-23-37(35)42;1-2-13-28(14-3-1)39-32-16-6-8-18-34(32)40(35-19-9-7-17-33(35)39)36-21-11-23-38-41(36)37-22-10-20-31(42(37)43-38)30-25-24-27-12-4-5-15-29(27)26-30/h1-28H;1-26H/i1D,2D,3D,4D,5D,6D,7D,8D,9D,10D,11D,12D,13D,14D,15D,16D,17D,18D,19D,20D,21D,22D,23D,24D,25D,26D,27D,28D;1D,2D,3D,4D,5D,6D,7D,8D,9D,10D,11D,12D,13D,14D,15D,16D,17D,18D,19D,20D,21D,22D,23D,24D,25D,26D. The van der Waals surface area contributed by atoms with E-state index in [4.69, 9.17) is 62.3 Å². The Morgan fingerprint density at radius 3 is 0.966 bits per heavy atom. The highest BCUT2D eigenvalue weighted by atomic mass is 16.3. The van der Waals surface area contributed by atoms with Crippen LogP contribution in [-0.4, -0.2) is 0 Å². The molecule has 0 bridgehead atoms. The minimum Gasteiger partial charge on any atom is -0.455 e. The van der Waals surface area contributed by atoms with E-state index in [0.29, 0.717) is 0 Å². The summed E-state index contributed by atoms with van der Waals surface area (Å²) in [7, 11) is 0. The first-order valence-electron chi connectivity index (χ1n) is 52.8. The number of rotatable bonds is 7.